The van der Waals surface area contributed by atoms with Crippen molar-refractivity contribution in [1.82, 2.24) is 20.4 Å². The van der Waals surface area contributed by atoms with E-state index >= 15 is 0 Å². The number of aromatic nitrogens is 2. The smallest absolute Gasteiger partial charge is 0.245 e. The molecule has 0 aliphatic carbocycles. The highest BCUT2D eigenvalue weighted by atomic mass is 16.2. The largest absolute Gasteiger partial charge is 0.344 e. The molecule has 6 nitrogen and oxygen atoms in total. The molecule has 22 heavy (non-hydrogen) atoms. The normalized spacial score (nSPS) is 23.1. The van der Waals surface area contributed by atoms with E-state index in [4.69, 9.17) is 0 Å². The van der Waals surface area contributed by atoms with Gasteiger partial charge < -0.3 is 10.2 Å². The van der Waals surface area contributed by atoms with Crippen LogP contribution in [0, 0.1) is 0 Å². The summed E-state index contributed by atoms with van der Waals surface area (Å²) in [6, 6.07) is 1.85. The van der Waals surface area contributed by atoms with Crippen LogP contribution in [0.4, 0.5) is 0 Å². The number of piperidine rings is 1. The molecule has 1 unspecified atom stereocenters. The summed E-state index contributed by atoms with van der Waals surface area (Å²) in [5.41, 5.74) is 2.28. The monoisotopic (exact) mass is 304 g/mol. The SMILES string of the molecule is CC(C)c1cc(C2CCN(C(=O)C3CCC(=O)N3)CC2)[nH]n1. The van der Waals surface area contributed by atoms with E-state index in [1.54, 1.807) is 0 Å². The molecule has 2 amide bonds. The van der Waals surface area contributed by atoms with Gasteiger partial charge in [-0.25, -0.2) is 0 Å². The molecule has 1 aromatic rings. The van der Waals surface area contributed by atoms with Crippen LogP contribution < -0.4 is 5.32 Å². The molecule has 0 saturated carbocycles. The highest BCUT2D eigenvalue weighted by molar-refractivity contribution is 5.90. The number of H-pyrrole nitrogens is 1. The number of rotatable bonds is 3. The van der Waals surface area contributed by atoms with Crippen molar-refractivity contribution in [3.63, 3.8) is 0 Å². The lowest BCUT2D eigenvalue weighted by Gasteiger charge is -2.33. The Morgan fingerprint density at radius 2 is 2.05 bits per heavy atom. The molecule has 0 spiro atoms. The maximum absolute atomic E-state index is 12.4. The van der Waals surface area contributed by atoms with Gasteiger partial charge in [0.2, 0.25) is 11.8 Å². The summed E-state index contributed by atoms with van der Waals surface area (Å²) in [5, 5.41) is 10.3. The number of hydrogen-bond donors (Lipinski definition) is 2. The number of nitrogens with one attached hydrogen (secondary N) is 2. The third-order valence-electron chi connectivity index (χ3n) is 4.75. The first-order valence-corrected chi connectivity index (χ1v) is 8.18. The first kappa shape index (κ1) is 15.1. The molecule has 2 N–H and O–H groups in total. The van der Waals surface area contributed by atoms with Gasteiger partial charge >= 0.3 is 0 Å². The van der Waals surface area contributed by atoms with Crippen LogP contribution in [0.5, 0.6) is 0 Å². The van der Waals surface area contributed by atoms with Crippen LogP contribution in [-0.4, -0.2) is 46.0 Å². The molecule has 0 radical (unpaired) electrons. The Balaban J connectivity index is 1.55. The number of carbonyl (C=O) groups is 2. The average Bonchev–Trinajstić information content (AvgIpc) is 3.16. The lowest BCUT2D eigenvalue weighted by molar-refractivity contribution is -0.135. The van der Waals surface area contributed by atoms with Gasteiger partial charge in [-0.1, -0.05) is 13.8 Å². The first-order valence-electron chi connectivity index (χ1n) is 8.18. The predicted octanol–water partition coefficient (Wildman–Crippen LogP) is 1.52. The fourth-order valence-electron chi connectivity index (χ4n) is 3.29. The van der Waals surface area contributed by atoms with Crippen LogP contribution in [0.3, 0.4) is 0 Å². The number of nitrogens with zero attached hydrogens (tertiary/aromatic N) is 2. The van der Waals surface area contributed by atoms with Gasteiger partial charge in [0.05, 0.1) is 5.69 Å². The number of hydrogen-bond acceptors (Lipinski definition) is 3. The van der Waals surface area contributed by atoms with Crippen LogP contribution in [0.15, 0.2) is 6.07 Å². The van der Waals surface area contributed by atoms with Crippen LogP contribution >= 0.6 is 0 Å². The van der Waals surface area contributed by atoms with Crippen molar-refractivity contribution in [2.24, 2.45) is 0 Å². The van der Waals surface area contributed by atoms with E-state index in [9.17, 15) is 9.59 Å². The van der Waals surface area contributed by atoms with E-state index in [-0.39, 0.29) is 17.9 Å². The van der Waals surface area contributed by atoms with Crippen LogP contribution in [0.25, 0.3) is 0 Å². The highest BCUT2D eigenvalue weighted by Crippen LogP contribution is 2.29. The molecule has 120 valence electrons. The van der Waals surface area contributed by atoms with Gasteiger partial charge in [0.25, 0.3) is 0 Å². The van der Waals surface area contributed by atoms with Crippen LogP contribution in [0.2, 0.25) is 0 Å². The fraction of sp³-hybridized carbons (Fsp3) is 0.688. The number of carbonyl (C=O) groups excluding carboxylic acids is 2. The highest BCUT2D eigenvalue weighted by Gasteiger charge is 2.33. The van der Waals surface area contributed by atoms with E-state index < -0.39 is 0 Å². The minimum Gasteiger partial charge on any atom is -0.344 e. The molecule has 1 atom stereocenters. The van der Waals surface area contributed by atoms with E-state index in [1.165, 1.54) is 5.69 Å². The van der Waals surface area contributed by atoms with Crippen molar-refractivity contribution in [3.05, 3.63) is 17.5 Å². The van der Waals surface area contributed by atoms with Crippen molar-refractivity contribution in [2.45, 2.75) is 57.4 Å². The van der Waals surface area contributed by atoms with E-state index in [0.29, 0.717) is 24.7 Å². The van der Waals surface area contributed by atoms with E-state index in [0.717, 1.165) is 31.6 Å². The van der Waals surface area contributed by atoms with Crippen molar-refractivity contribution >= 4 is 11.8 Å². The van der Waals surface area contributed by atoms with Crippen molar-refractivity contribution in [3.8, 4) is 0 Å². The molecule has 2 fully saturated rings. The zero-order valence-corrected chi connectivity index (χ0v) is 13.3. The number of amides is 2. The van der Waals surface area contributed by atoms with Crippen LogP contribution in [-0.2, 0) is 9.59 Å². The minimum absolute atomic E-state index is 0.00749. The fourth-order valence-corrected chi connectivity index (χ4v) is 3.29. The van der Waals surface area contributed by atoms with Crippen molar-refractivity contribution in [1.29, 1.82) is 0 Å². The Bertz CT molecular complexity index is 558. The summed E-state index contributed by atoms with van der Waals surface area (Å²) >= 11 is 0. The van der Waals surface area contributed by atoms with Gasteiger partial charge in [0.1, 0.15) is 6.04 Å². The topological polar surface area (TPSA) is 78.1 Å². The summed E-state index contributed by atoms with van der Waals surface area (Å²) in [7, 11) is 0. The second-order valence-corrected chi connectivity index (χ2v) is 6.66. The summed E-state index contributed by atoms with van der Waals surface area (Å²) in [6.07, 6.45) is 3.01. The molecule has 2 saturated heterocycles. The van der Waals surface area contributed by atoms with Gasteiger partial charge in [-0.15, -0.1) is 0 Å². The molecular weight excluding hydrogens is 280 g/mol. The van der Waals surface area contributed by atoms with Crippen molar-refractivity contribution in [2.75, 3.05) is 13.1 Å². The van der Waals surface area contributed by atoms with Gasteiger partial charge in [-0.3, -0.25) is 14.7 Å². The summed E-state index contributed by atoms with van der Waals surface area (Å²) in [4.78, 5) is 25.5. The second kappa shape index (κ2) is 6.10. The van der Waals surface area contributed by atoms with Gasteiger partial charge in [0.15, 0.2) is 0 Å². The molecule has 0 aromatic carbocycles. The lowest BCUT2D eigenvalue weighted by Crippen LogP contribution is -2.47. The predicted molar refractivity (Wildman–Crippen MR) is 82.4 cm³/mol. The number of likely N-dealkylation sites (tertiary alicyclic amines) is 1. The zero-order chi connectivity index (χ0) is 15.7. The van der Waals surface area contributed by atoms with E-state index in [1.807, 2.05) is 4.90 Å². The van der Waals surface area contributed by atoms with Crippen molar-refractivity contribution < 1.29 is 9.59 Å². The maximum atomic E-state index is 12.4. The first-order chi connectivity index (χ1) is 10.5. The third kappa shape index (κ3) is 3.00. The molecular formula is C16H24N4O2. The molecule has 3 rings (SSSR count). The number of aromatic amines is 1. The van der Waals surface area contributed by atoms with E-state index in [2.05, 4.69) is 35.4 Å². The second-order valence-electron chi connectivity index (χ2n) is 6.66. The Morgan fingerprint density at radius 3 is 2.59 bits per heavy atom. The van der Waals surface area contributed by atoms with Gasteiger partial charge in [0, 0.05) is 31.1 Å². The molecule has 2 aliphatic rings. The van der Waals surface area contributed by atoms with Gasteiger partial charge in [-0.2, -0.15) is 5.10 Å². The average molecular weight is 304 g/mol. The molecule has 2 aliphatic heterocycles. The molecule has 3 heterocycles. The van der Waals surface area contributed by atoms with Gasteiger partial charge in [-0.05, 0) is 31.2 Å². The zero-order valence-electron chi connectivity index (χ0n) is 13.3. The quantitative estimate of drug-likeness (QED) is 0.888. The van der Waals surface area contributed by atoms with Crippen LogP contribution in [0.1, 0.15) is 62.8 Å². The Kier molecular flexibility index (Phi) is 4.18. The summed E-state index contributed by atoms with van der Waals surface area (Å²) in [5.74, 6) is 0.948. The Morgan fingerprint density at radius 1 is 1.32 bits per heavy atom. The Hall–Kier alpha value is -1.85. The summed E-state index contributed by atoms with van der Waals surface area (Å²) < 4.78 is 0. The lowest BCUT2D eigenvalue weighted by atomic mass is 9.92. The minimum atomic E-state index is -0.302. The Labute approximate surface area is 130 Å². The molecule has 6 heteroatoms. The standard InChI is InChI=1S/C16H24N4O2/c1-10(2)13-9-14(19-18-13)11-5-7-20(8-6-11)16(22)12-3-4-15(21)17-12/h9-12H,3-8H2,1-2H3,(H,17,21)(H,18,19). The molecule has 1 aromatic heterocycles. The molecule has 0 bridgehead atoms. The third-order valence-corrected chi connectivity index (χ3v) is 4.75. The maximum Gasteiger partial charge on any atom is 0.245 e. The summed E-state index contributed by atoms with van der Waals surface area (Å²) in [6.45, 7) is 5.78.